The Morgan fingerprint density at radius 3 is 2.43 bits per heavy atom. The molecule has 0 unspecified atom stereocenters. The Morgan fingerprint density at radius 2 is 1.75 bits per heavy atom. The van der Waals surface area contributed by atoms with E-state index in [0.717, 1.165) is 31.6 Å². The second-order valence-electron chi connectivity index (χ2n) is 7.37. The number of carbonyl (C=O) groups is 1. The predicted molar refractivity (Wildman–Crippen MR) is 110 cm³/mol. The van der Waals surface area contributed by atoms with Gasteiger partial charge in [0.2, 0.25) is 10.0 Å². The Kier molecular flexibility index (Phi) is 6.17. The number of benzene rings is 2. The lowest BCUT2D eigenvalue weighted by Gasteiger charge is -2.23. The topological polar surface area (TPSA) is 83.7 Å². The average molecular weight is 402 g/mol. The van der Waals surface area contributed by atoms with Gasteiger partial charge in [0.05, 0.1) is 4.90 Å². The van der Waals surface area contributed by atoms with Crippen molar-refractivity contribution in [1.82, 2.24) is 9.80 Å². The van der Waals surface area contributed by atoms with Gasteiger partial charge in [0, 0.05) is 38.3 Å². The number of primary sulfonamides is 1. The molecule has 1 amide bonds. The molecule has 150 valence electrons. The molecule has 6 nitrogen and oxygen atoms in total. The van der Waals surface area contributed by atoms with Crippen molar-refractivity contribution in [3.05, 3.63) is 64.7 Å². The second kappa shape index (κ2) is 8.43. The number of hydrogen-bond acceptors (Lipinski definition) is 4. The summed E-state index contributed by atoms with van der Waals surface area (Å²) in [6, 6.07) is 13.4. The molecule has 0 bridgehead atoms. The van der Waals surface area contributed by atoms with E-state index in [-0.39, 0.29) is 10.8 Å². The maximum Gasteiger partial charge on any atom is 0.253 e. The monoisotopic (exact) mass is 401 g/mol. The molecule has 1 aliphatic rings. The smallest absolute Gasteiger partial charge is 0.253 e. The van der Waals surface area contributed by atoms with E-state index < -0.39 is 10.0 Å². The number of aryl methyl sites for hydroxylation is 1. The summed E-state index contributed by atoms with van der Waals surface area (Å²) < 4.78 is 23.7. The molecule has 0 aliphatic carbocycles. The van der Waals surface area contributed by atoms with Crippen LogP contribution in [-0.4, -0.2) is 50.3 Å². The van der Waals surface area contributed by atoms with E-state index in [2.05, 4.69) is 17.0 Å². The molecule has 1 saturated heterocycles. The van der Waals surface area contributed by atoms with Crippen LogP contribution >= 0.6 is 0 Å². The molecular formula is C21H27N3O3S. The van der Waals surface area contributed by atoms with E-state index in [1.54, 1.807) is 19.9 Å². The lowest BCUT2D eigenvalue weighted by molar-refractivity contribution is 0.0760. The van der Waals surface area contributed by atoms with Crippen LogP contribution in [0, 0.1) is 13.8 Å². The highest BCUT2D eigenvalue weighted by Crippen LogP contribution is 2.22. The highest BCUT2D eigenvalue weighted by Gasteiger charge is 2.23. The highest BCUT2D eigenvalue weighted by molar-refractivity contribution is 7.89. The lowest BCUT2D eigenvalue weighted by atomic mass is 10.1. The number of hydrogen-bond donors (Lipinski definition) is 1. The molecule has 3 rings (SSSR count). The lowest BCUT2D eigenvalue weighted by Crippen LogP contribution is -2.35. The molecule has 2 aromatic rings. The van der Waals surface area contributed by atoms with Gasteiger partial charge < -0.3 is 4.90 Å². The van der Waals surface area contributed by atoms with Gasteiger partial charge in [-0.15, -0.1) is 0 Å². The molecule has 1 fully saturated rings. The van der Waals surface area contributed by atoms with Crippen molar-refractivity contribution in [3.8, 4) is 0 Å². The number of carbonyl (C=O) groups excluding carboxylic acids is 1. The maximum atomic E-state index is 13.0. The Hall–Kier alpha value is -2.22. The van der Waals surface area contributed by atoms with E-state index in [9.17, 15) is 13.2 Å². The van der Waals surface area contributed by atoms with Crippen LogP contribution in [0.1, 0.15) is 33.5 Å². The fourth-order valence-corrected chi connectivity index (χ4v) is 4.48. The first-order valence-corrected chi connectivity index (χ1v) is 11.0. The summed E-state index contributed by atoms with van der Waals surface area (Å²) in [5.41, 5.74) is 2.97. The first kappa shape index (κ1) is 20.5. The summed E-state index contributed by atoms with van der Waals surface area (Å²) in [7, 11) is -3.87. The van der Waals surface area contributed by atoms with Crippen molar-refractivity contribution in [2.45, 2.75) is 31.7 Å². The van der Waals surface area contributed by atoms with Gasteiger partial charge in [-0.05, 0) is 49.1 Å². The molecule has 0 atom stereocenters. The van der Waals surface area contributed by atoms with Crippen molar-refractivity contribution in [1.29, 1.82) is 0 Å². The molecule has 2 aromatic carbocycles. The Bertz CT molecular complexity index is 958. The SMILES string of the molecule is Cc1cc(C(=O)N2CCCN(Cc3ccccc3)CC2)cc(S(N)(=O)=O)c1C. The van der Waals surface area contributed by atoms with E-state index in [0.29, 0.717) is 24.2 Å². The zero-order valence-corrected chi connectivity index (χ0v) is 17.2. The quantitative estimate of drug-likeness (QED) is 0.852. The predicted octanol–water partition coefficient (Wildman–Crippen LogP) is 2.30. The minimum absolute atomic E-state index is 0.0244. The van der Waals surface area contributed by atoms with Crippen molar-refractivity contribution in [2.24, 2.45) is 5.14 Å². The summed E-state index contributed by atoms with van der Waals surface area (Å²) in [6.07, 6.45) is 0.880. The van der Waals surface area contributed by atoms with Gasteiger partial charge >= 0.3 is 0 Å². The third kappa shape index (κ3) is 4.79. The average Bonchev–Trinajstić information content (AvgIpc) is 2.88. The van der Waals surface area contributed by atoms with Crippen LogP contribution in [0.25, 0.3) is 0 Å². The third-order valence-electron chi connectivity index (χ3n) is 5.30. The molecule has 0 spiro atoms. The van der Waals surface area contributed by atoms with Gasteiger partial charge in [0.25, 0.3) is 5.91 Å². The maximum absolute atomic E-state index is 13.0. The molecule has 2 N–H and O–H groups in total. The van der Waals surface area contributed by atoms with Gasteiger partial charge in [-0.25, -0.2) is 13.6 Å². The summed E-state index contributed by atoms with van der Waals surface area (Å²) >= 11 is 0. The minimum atomic E-state index is -3.87. The van der Waals surface area contributed by atoms with Crippen molar-refractivity contribution >= 4 is 15.9 Å². The number of amides is 1. The number of sulfonamides is 1. The molecule has 1 heterocycles. The van der Waals surface area contributed by atoms with Crippen LogP contribution in [-0.2, 0) is 16.6 Å². The molecule has 28 heavy (non-hydrogen) atoms. The van der Waals surface area contributed by atoms with Crippen molar-refractivity contribution in [2.75, 3.05) is 26.2 Å². The molecule has 0 aromatic heterocycles. The molecule has 0 saturated carbocycles. The van der Waals surface area contributed by atoms with E-state index in [4.69, 9.17) is 5.14 Å². The standard InChI is InChI=1S/C21H27N3O3S/c1-16-13-19(14-20(17(16)2)28(22,26)27)21(25)24-10-6-9-23(11-12-24)15-18-7-4-3-5-8-18/h3-5,7-8,13-14H,6,9-12,15H2,1-2H3,(H2,22,26,27). The zero-order chi connectivity index (χ0) is 20.3. The summed E-state index contributed by atoms with van der Waals surface area (Å²) in [6.45, 7) is 7.34. The van der Waals surface area contributed by atoms with Crippen LogP contribution < -0.4 is 5.14 Å². The van der Waals surface area contributed by atoms with Crippen LogP contribution in [0.4, 0.5) is 0 Å². The first-order valence-electron chi connectivity index (χ1n) is 9.45. The van der Waals surface area contributed by atoms with Crippen LogP contribution in [0.15, 0.2) is 47.4 Å². The largest absolute Gasteiger partial charge is 0.337 e. The van der Waals surface area contributed by atoms with Gasteiger partial charge in [-0.3, -0.25) is 9.69 Å². The van der Waals surface area contributed by atoms with Gasteiger partial charge in [-0.1, -0.05) is 30.3 Å². The Balaban J connectivity index is 1.74. The van der Waals surface area contributed by atoms with Gasteiger partial charge in [-0.2, -0.15) is 0 Å². The normalized spacial score (nSPS) is 16.0. The van der Waals surface area contributed by atoms with E-state index in [1.165, 1.54) is 11.6 Å². The zero-order valence-electron chi connectivity index (χ0n) is 16.4. The highest BCUT2D eigenvalue weighted by atomic mass is 32.2. The van der Waals surface area contributed by atoms with Crippen LogP contribution in [0.3, 0.4) is 0 Å². The first-order chi connectivity index (χ1) is 13.3. The van der Waals surface area contributed by atoms with E-state index in [1.807, 2.05) is 23.1 Å². The Morgan fingerprint density at radius 1 is 1.04 bits per heavy atom. The Labute approximate surface area is 167 Å². The summed E-state index contributed by atoms with van der Waals surface area (Å²) in [4.78, 5) is 17.2. The summed E-state index contributed by atoms with van der Waals surface area (Å²) in [5, 5.41) is 5.33. The summed E-state index contributed by atoms with van der Waals surface area (Å²) in [5.74, 6) is -0.144. The molecule has 7 heteroatoms. The fourth-order valence-electron chi connectivity index (χ4n) is 3.60. The number of nitrogens with two attached hydrogens (primary N) is 1. The molecular weight excluding hydrogens is 374 g/mol. The molecule has 1 aliphatic heterocycles. The number of nitrogens with zero attached hydrogens (tertiary/aromatic N) is 2. The van der Waals surface area contributed by atoms with Gasteiger partial charge in [0.15, 0.2) is 0 Å². The minimum Gasteiger partial charge on any atom is -0.337 e. The molecule has 0 radical (unpaired) electrons. The fraction of sp³-hybridized carbons (Fsp3) is 0.381. The third-order valence-corrected chi connectivity index (χ3v) is 6.34. The number of rotatable bonds is 4. The van der Waals surface area contributed by atoms with Crippen LogP contribution in [0.5, 0.6) is 0 Å². The van der Waals surface area contributed by atoms with E-state index >= 15 is 0 Å². The van der Waals surface area contributed by atoms with Crippen molar-refractivity contribution < 1.29 is 13.2 Å². The van der Waals surface area contributed by atoms with Crippen LogP contribution in [0.2, 0.25) is 0 Å². The van der Waals surface area contributed by atoms with Gasteiger partial charge in [0.1, 0.15) is 0 Å². The van der Waals surface area contributed by atoms with Crippen molar-refractivity contribution in [3.63, 3.8) is 0 Å². The second-order valence-corrected chi connectivity index (χ2v) is 8.90.